The van der Waals surface area contributed by atoms with Crippen LogP contribution in [0.4, 0.5) is 0 Å². The van der Waals surface area contributed by atoms with E-state index < -0.39 is 42.1 Å². The Morgan fingerprint density at radius 2 is 1.69 bits per heavy atom. The number of fused-ring (bicyclic) bond motifs is 1. The van der Waals surface area contributed by atoms with E-state index in [0.29, 0.717) is 25.7 Å². The highest BCUT2D eigenvalue weighted by Gasteiger charge is 2.55. The summed E-state index contributed by atoms with van der Waals surface area (Å²) >= 11 is 0. The van der Waals surface area contributed by atoms with E-state index in [1.165, 1.54) is 0 Å². The summed E-state index contributed by atoms with van der Waals surface area (Å²) in [4.78, 5) is 31.1. The number of epoxide rings is 1. The van der Waals surface area contributed by atoms with Crippen LogP contribution in [-0.4, -0.2) is 120 Å². The number of carbonyl (C=O) groups excluding carboxylic acids is 2. The quantitative estimate of drug-likeness (QED) is 0.285. The zero-order valence-corrected chi connectivity index (χ0v) is 29.5. The molecule has 0 aromatic heterocycles. The molecule has 45 heavy (non-hydrogen) atoms. The smallest absolute Gasteiger partial charge is 0.308 e. The summed E-state index contributed by atoms with van der Waals surface area (Å²) in [7, 11) is 3.86. The lowest BCUT2D eigenvalue weighted by Gasteiger charge is -2.44. The molecule has 10 heteroatoms. The molecule has 3 aliphatic rings. The topological polar surface area (TPSA) is 121 Å². The van der Waals surface area contributed by atoms with Gasteiger partial charge in [0.1, 0.15) is 17.8 Å². The second-order valence-electron chi connectivity index (χ2n) is 14.3. The van der Waals surface area contributed by atoms with Crippen LogP contribution in [0.2, 0.25) is 0 Å². The van der Waals surface area contributed by atoms with Crippen molar-refractivity contribution in [3.63, 3.8) is 0 Å². The number of aliphatic hydroxyl groups excluding tert-OH is 2. The van der Waals surface area contributed by atoms with Gasteiger partial charge in [-0.25, -0.2) is 0 Å². The minimum absolute atomic E-state index is 0.0127. The molecule has 1 unspecified atom stereocenters. The van der Waals surface area contributed by atoms with Crippen LogP contribution in [0.15, 0.2) is 12.2 Å². The first-order valence-electron chi connectivity index (χ1n) is 17.3. The number of rotatable bonds is 9. The molecule has 2 fully saturated rings. The summed E-state index contributed by atoms with van der Waals surface area (Å²) in [6.45, 7) is 18.5. The number of likely N-dealkylation sites (N-methyl/N-ethyl adjacent to an activating group) is 1. The van der Waals surface area contributed by atoms with Crippen molar-refractivity contribution >= 4 is 11.8 Å². The summed E-state index contributed by atoms with van der Waals surface area (Å²) in [5.41, 5.74) is -0.596. The molecule has 0 spiro atoms. The summed E-state index contributed by atoms with van der Waals surface area (Å²) in [5.74, 6) is -1.53. The number of nitrogens with zero attached hydrogens (tertiary/aromatic N) is 2. The number of ketones is 1. The van der Waals surface area contributed by atoms with Gasteiger partial charge in [0.15, 0.2) is 12.1 Å². The first-order valence-corrected chi connectivity index (χ1v) is 17.3. The van der Waals surface area contributed by atoms with Gasteiger partial charge in [-0.3, -0.25) is 9.59 Å². The van der Waals surface area contributed by atoms with E-state index in [9.17, 15) is 19.8 Å². The van der Waals surface area contributed by atoms with Crippen LogP contribution in [-0.2, 0) is 28.5 Å². The molecule has 0 aromatic carbocycles. The molecule has 3 aliphatic heterocycles. The second kappa shape index (κ2) is 16.6. The van der Waals surface area contributed by atoms with E-state index in [0.717, 1.165) is 19.6 Å². The maximum Gasteiger partial charge on any atom is 0.308 e. The average Bonchev–Trinajstić information content (AvgIpc) is 3.68. The number of hydrogen-bond acceptors (Lipinski definition) is 10. The predicted octanol–water partition coefficient (Wildman–Crippen LogP) is 3.81. The third kappa shape index (κ3) is 9.81. The number of carbonyl (C=O) groups is 2. The molecule has 0 amide bonds. The van der Waals surface area contributed by atoms with Gasteiger partial charge in [-0.05, 0) is 91.3 Å². The van der Waals surface area contributed by atoms with Crippen LogP contribution in [0.1, 0.15) is 87.5 Å². The first kappa shape index (κ1) is 38.1. The molecule has 260 valence electrons. The summed E-state index contributed by atoms with van der Waals surface area (Å²) in [5, 5.41) is 22.9. The maximum absolute atomic E-state index is 13.5. The standard InChI is InChI=1S/C35H62N2O8/c1-11-29-24(7)33-35(8,45-33)16-14-27(38)21(4)18-25(15-17-37(12-2)13-3)32(23(6)28(39)20-30(40)43-29)44-34-31(41)26(36(9)10)19-22(5)42-34/h14,16,21-26,28-29,31-34,39,41H,11-13,15,17-20H2,1-10H3/b16-14+/t21-,22-,23+,24-,25+,26+,28?,29-,31-,32-,33-,34+,35+/m1/s1. The Kier molecular flexibility index (Phi) is 14.1. The first-order chi connectivity index (χ1) is 21.1. The zero-order valence-electron chi connectivity index (χ0n) is 29.5. The lowest BCUT2D eigenvalue weighted by atomic mass is 9.79. The summed E-state index contributed by atoms with van der Waals surface area (Å²) in [6, 6.07) is -0.164. The van der Waals surface area contributed by atoms with Crippen LogP contribution in [0.25, 0.3) is 0 Å². The molecule has 3 rings (SSSR count). The fourth-order valence-corrected chi connectivity index (χ4v) is 7.31. The van der Waals surface area contributed by atoms with Gasteiger partial charge in [-0.2, -0.15) is 0 Å². The van der Waals surface area contributed by atoms with E-state index in [-0.39, 0.29) is 54.3 Å². The highest BCUT2D eigenvalue weighted by atomic mass is 16.7. The van der Waals surface area contributed by atoms with Crippen molar-refractivity contribution in [2.75, 3.05) is 33.7 Å². The van der Waals surface area contributed by atoms with Crippen LogP contribution < -0.4 is 0 Å². The maximum atomic E-state index is 13.5. The fraction of sp³-hybridized carbons (Fsp3) is 0.886. The lowest BCUT2D eigenvalue weighted by Crippen LogP contribution is -2.56. The van der Waals surface area contributed by atoms with Gasteiger partial charge in [-0.15, -0.1) is 0 Å². The van der Waals surface area contributed by atoms with Crippen molar-refractivity contribution in [3.8, 4) is 0 Å². The predicted molar refractivity (Wildman–Crippen MR) is 174 cm³/mol. The number of esters is 1. The summed E-state index contributed by atoms with van der Waals surface area (Å²) < 4.78 is 24.9. The minimum Gasteiger partial charge on any atom is -0.462 e. The Morgan fingerprint density at radius 3 is 2.29 bits per heavy atom. The van der Waals surface area contributed by atoms with E-state index in [1.54, 1.807) is 6.08 Å². The number of cyclic esters (lactones) is 1. The molecule has 10 nitrogen and oxygen atoms in total. The molecular weight excluding hydrogens is 576 g/mol. The van der Waals surface area contributed by atoms with Crippen molar-refractivity contribution in [1.29, 1.82) is 0 Å². The van der Waals surface area contributed by atoms with Crippen LogP contribution >= 0.6 is 0 Å². The van der Waals surface area contributed by atoms with Crippen molar-refractivity contribution < 1.29 is 38.7 Å². The van der Waals surface area contributed by atoms with Gasteiger partial charge >= 0.3 is 5.97 Å². The third-order valence-electron chi connectivity index (χ3n) is 10.6. The molecular formula is C35H62N2O8. The van der Waals surface area contributed by atoms with Gasteiger partial charge < -0.3 is 39.0 Å². The second-order valence-corrected chi connectivity index (χ2v) is 14.3. The molecule has 0 radical (unpaired) electrons. The highest BCUT2D eigenvalue weighted by Crippen LogP contribution is 2.45. The monoisotopic (exact) mass is 638 g/mol. The molecule has 0 aliphatic carbocycles. The van der Waals surface area contributed by atoms with E-state index in [2.05, 4.69) is 18.7 Å². The van der Waals surface area contributed by atoms with Crippen LogP contribution in [0, 0.1) is 23.7 Å². The number of allylic oxidation sites excluding steroid dienone is 1. The van der Waals surface area contributed by atoms with Crippen LogP contribution in [0.5, 0.6) is 0 Å². The molecule has 2 saturated heterocycles. The normalized spacial score (nSPS) is 42.8. The average molecular weight is 639 g/mol. The van der Waals surface area contributed by atoms with Gasteiger partial charge in [0.2, 0.25) is 0 Å². The Hall–Kier alpha value is -1.40. The Bertz CT molecular complexity index is 989. The third-order valence-corrected chi connectivity index (χ3v) is 10.6. The van der Waals surface area contributed by atoms with Gasteiger partial charge in [-0.1, -0.05) is 41.5 Å². The van der Waals surface area contributed by atoms with Gasteiger partial charge in [0.05, 0.1) is 30.8 Å². The minimum atomic E-state index is -1.06. The van der Waals surface area contributed by atoms with E-state index in [4.69, 9.17) is 18.9 Å². The SMILES string of the molecule is CC[C@H]1OC(=O)CC(O)[C@H](C)[C@@H](O[C@@H]2O[C@H](C)C[C@H](N(C)C)[C@H]2O)[C@@H](CCN(CC)CC)C[C@@H](C)C(=O)/C=C/[C@]2(C)O[C@@H]2[C@@H]1C. The molecule has 2 N–H and O–H groups in total. The molecule has 0 aromatic rings. The molecule has 13 atom stereocenters. The molecule has 3 heterocycles. The van der Waals surface area contributed by atoms with Crippen molar-refractivity contribution in [3.05, 3.63) is 12.2 Å². The Morgan fingerprint density at radius 1 is 1.02 bits per heavy atom. The van der Waals surface area contributed by atoms with Gasteiger partial charge in [0.25, 0.3) is 0 Å². The molecule has 0 saturated carbocycles. The van der Waals surface area contributed by atoms with Gasteiger partial charge in [0, 0.05) is 23.8 Å². The van der Waals surface area contributed by atoms with Crippen LogP contribution in [0.3, 0.4) is 0 Å². The molecule has 0 bridgehead atoms. The number of aliphatic hydroxyl groups is 2. The Balaban J connectivity index is 2.01. The summed E-state index contributed by atoms with van der Waals surface area (Å²) in [6.07, 6.45) is 1.62. The Labute approximate surface area is 271 Å². The zero-order chi connectivity index (χ0) is 33.6. The van der Waals surface area contributed by atoms with E-state index in [1.807, 2.05) is 66.6 Å². The number of ether oxygens (including phenoxy) is 4. The van der Waals surface area contributed by atoms with Crippen molar-refractivity contribution in [1.82, 2.24) is 9.80 Å². The number of hydrogen-bond donors (Lipinski definition) is 2. The van der Waals surface area contributed by atoms with Crippen molar-refractivity contribution in [2.24, 2.45) is 23.7 Å². The largest absolute Gasteiger partial charge is 0.462 e. The fourth-order valence-electron chi connectivity index (χ4n) is 7.31. The lowest BCUT2D eigenvalue weighted by molar-refractivity contribution is -0.283. The van der Waals surface area contributed by atoms with E-state index >= 15 is 0 Å². The van der Waals surface area contributed by atoms with Crippen molar-refractivity contribution in [2.45, 2.75) is 142 Å². The highest BCUT2D eigenvalue weighted by molar-refractivity contribution is 5.91.